The van der Waals surface area contributed by atoms with E-state index in [2.05, 4.69) is 9.72 Å². The summed E-state index contributed by atoms with van der Waals surface area (Å²) < 4.78 is 46.6. The molecule has 2 amide bonds. The third kappa shape index (κ3) is 6.48. The van der Waals surface area contributed by atoms with Gasteiger partial charge >= 0.3 is 12.3 Å². The maximum Gasteiger partial charge on any atom is 0.422 e. The number of pyridine rings is 1. The van der Waals surface area contributed by atoms with Crippen molar-refractivity contribution in [2.45, 2.75) is 39.5 Å². The van der Waals surface area contributed by atoms with Crippen LogP contribution in [0.25, 0.3) is 0 Å². The van der Waals surface area contributed by atoms with Crippen LogP contribution in [0.4, 0.5) is 23.8 Å². The third-order valence-corrected chi connectivity index (χ3v) is 2.68. The van der Waals surface area contributed by atoms with E-state index >= 15 is 0 Å². The minimum atomic E-state index is -4.56. The Bertz CT molecular complexity index is 642. The zero-order chi connectivity index (χ0) is 19.4. The first-order valence-electron chi connectivity index (χ1n) is 7.35. The highest BCUT2D eigenvalue weighted by molar-refractivity contribution is 6.01. The molecule has 0 atom stereocenters. The normalized spacial score (nSPS) is 11.8. The van der Waals surface area contributed by atoms with Gasteiger partial charge in [-0.1, -0.05) is 0 Å². The smallest absolute Gasteiger partial charge is 0.422 e. The van der Waals surface area contributed by atoms with Crippen molar-refractivity contribution in [3.8, 4) is 5.88 Å². The molecule has 0 saturated carbocycles. The van der Waals surface area contributed by atoms with E-state index in [9.17, 15) is 22.8 Å². The van der Waals surface area contributed by atoms with E-state index in [1.54, 1.807) is 27.7 Å². The molecule has 2 N–H and O–H groups in total. The Morgan fingerprint density at radius 2 is 1.84 bits per heavy atom. The maximum absolute atomic E-state index is 12.3. The lowest BCUT2D eigenvalue weighted by Crippen LogP contribution is -2.38. The van der Waals surface area contributed by atoms with Crippen LogP contribution < -0.4 is 15.4 Å². The van der Waals surface area contributed by atoms with Gasteiger partial charge in [0.1, 0.15) is 5.60 Å². The third-order valence-electron chi connectivity index (χ3n) is 2.68. The van der Waals surface area contributed by atoms with Crippen molar-refractivity contribution in [1.29, 1.82) is 0 Å². The number of amides is 2. The predicted octanol–water partition coefficient (Wildman–Crippen LogP) is 2.88. The summed E-state index contributed by atoms with van der Waals surface area (Å²) in [5, 5.41) is 0. The van der Waals surface area contributed by atoms with Crippen molar-refractivity contribution in [2.75, 3.05) is 18.1 Å². The zero-order valence-corrected chi connectivity index (χ0v) is 14.3. The Morgan fingerprint density at radius 1 is 1.24 bits per heavy atom. The summed E-state index contributed by atoms with van der Waals surface area (Å²) >= 11 is 0. The van der Waals surface area contributed by atoms with Crippen LogP contribution in [0.1, 0.15) is 38.1 Å². The van der Waals surface area contributed by atoms with Crippen molar-refractivity contribution in [3.05, 3.63) is 17.7 Å². The van der Waals surface area contributed by atoms with E-state index in [0.29, 0.717) is 0 Å². The number of alkyl halides is 3. The summed E-state index contributed by atoms with van der Waals surface area (Å²) in [6.45, 7) is 5.00. The quantitative estimate of drug-likeness (QED) is 0.868. The second-order valence-corrected chi connectivity index (χ2v) is 6.01. The fourth-order valence-electron chi connectivity index (χ4n) is 1.75. The Kier molecular flexibility index (Phi) is 6.22. The van der Waals surface area contributed by atoms with Crippen LogP contribution in [0.15, 0.2) is 12.1 Å². The van der Waals surface area contributed by atoms with Crippen LogP contribution in [0.5, 0.6) is 5.88 Å². The number of ether oxygens (including phenoxy) is 2. The Labute approximate surface area is 142 Å². The molecule has 0 aliphatic carbocycles. The van der Waals surface area contributed by atoms with E-state index in [1.165, 1.54) is 0 Å². The van der Waals surface area contributed by atoms with Crippen molar-refractivity contribution >= 4 is 17.8 Å². The molecule has 0 aliphatic rings. The molecule has 1 heterocycles. The number of primary amides is 1. The standard InChI is InChI=1S/C15H20F3N3O4/c1-5-21(13(23)25-14(2,3)4)12-9(11(19)22)6-7-10(20-12)24-8-15(16,17)18/h6-7H,5,8H2,1-4H3,(H2,19,22). The van der Waals surface area contributed by atoms with Gasteiger partial charge in [0.15, 0.2) is 12.4 Å². The number of carbonyl (C=O) groups is 2. The minimum Gasteiger partial charge on any atom is -0.468 e. The SMILES string of the molecule is CCN(C(=O)OC(C)(C)C)c1nc(OCC(F)(F)F)ccc1C(N)=O. The first-order valence-corrected chi connectivity index (χ1v) is 7.35. The molecule has 0 spiro atoms. The highest BCUT2D eigenvalue weighted by atomic mass is 19.4. The van der Waals surface area contributed by atoms with Gasteiger partial charge in [0.25, 0.3) is 5.91 Å². The fourth-order valence-corrected chi connectivity index (χ4v) is 1.75. The number of nitrogens with zero attached hydrogens (tertiary/aromatic N) is 2. The summed E-state index contributed by atoms with van der Waals surface area (Å²) in [7, 11) is 0. The van der Waals surface area contributed by atoms with Crippen LogP contribution >= 0.6 is 0 Å². The van der Waals surface area contributed by atoms with Crippen LogP contribution in [-0.2, 0) is 4.74 Å². The molecule has 0 unspecified atom stereocenters. The van der Waals surface area contributed by atoms with Crippen molar-refractivity contribution in [3.63, 3.8) is 0 Å². The van der Waals surface area contributed by atoms with Gasteiger partial charge in [0.2, 0.25) is 5.88 Å². The van der Waals surface area contributed by atoms with Crippen LogP contribution in [0.2, 0.25) is 0 Å². The fraction of sp³-hybridized carbons (Fsp3) is 0.533. The summed E-state index contributed by atoms with van der Waals surface area (Å²) in [5.41, 5.74) is 4.29. The molecule has 0 fully saturated rings. The van der Waals surface area contributed by atoms with Gasteiger partial charge in [-0.3, -0.25) is 9.69 Å². The Morgan fingerprint density at radius 3 is 2.28 bits per heavy atom. The van der Waals surface area contributed by atoms with Gasteiger partial charge in [-0.25, -0.2) is 4.79 Å². The van der Waals surface area contributed by atoms with E-state index in [1.807, 2.05) is 0 Å². The second kappa shape index (κ2) is 7.58. The molecule has 1 aromatic rings. The van der Waals surface area contributed by atoms with Crippen molar-refractivity contribution in [1.82, 2.24) is 4.98 Å². The molecule has 140 valence electrons. The number of hydrogen-bond acceptors (Lipinski definition) is 5. The molecule has 7 nitrogen and oxygen atoms in total. The summed E-state index contributed by atoms with van der Waals surface area (Å²) in [5.74, 6) is -1.53. The highest BCUT2D eigenvalue weighted by Gasteiger charge is 2.30. The van der Waals surface area contributed by atoms with Gasteiger partial charge in [-0.15, -0.1) is 0 Å². The van der Waals surface area contributed by atoms with Crippen LogP contribution in [-0.4, -0.2) is 41.9 Å². The lowest BCUT2D eigenvalue weighted by Gasteiger charge is -2.27. The van der Waals surface area contributed by atoms with Gasteiger partial charge in [-0.2, -0.15) is 18.2 Å². The topological polar surface area (TPSA) is 94.8 Å². The van der Waals surface area contributed by atoms with Crippen molar-refractivity contribution < 1.29 is 32.2 Å². The Hall–Kier alpha value is -2.52. The molecule has 1 aromatic heterocycles. The molecule has 25 heavy (non-hydrogen) atoms. The van der Waals surface area contributed by atoms with Crippen LogP contribution in [0, 0.1) is 0 Å². The average Bonchev–Trinajstić information content (AvgIpc) is 2.43. The van der Waals surface area contributed by atoms with E-state index in [-0.39, 0.29) is 17.9 Å². The largest absolute Gasteiger partial charge is 0.468 e. The number of rotatable bonds is 5. The number of anilines is 1. The molecule has 0 saturated heterocycles. The average molecular weight is 363 g/mol. The van der Waals surface area contributed by atoms with Crippen molar-refractivity contribution in [2.24, 2.45) is 5.73 Å². The first kappa shape index (κ1) is 20.5. The molecular weight excluding hydrogens is 343 g/mol. The lowest BCUT2D eigenvalue weighted by atomic mass is 10.2. The molecule has 10 heteroatoms. The molecule has 0 aliphatic heterocycles. The van der Waals surface area contributed by atoms with E-state index in [0.717, 1.165) is 17.0 Å². The number of carbonyl (C=O) groups excluding carboxylic acids is 2. The van der Waals surface area contributed by atoms with Gasteiger partial charge in [-0.05, 0) is 33.8 Å². The summed E-state index contributed by atoms with van der Waals surface area (Å²) in [6, 6.07) is 2.21. The first-order chi connectivity index (χ1) is 11.3. The lowest BCUT2D eigenvalue weighted by molar-refractivity contribution is -0.154. The maximum atomic E-state index is 12.3. The van der Waals surface area contributed by atoms with Gasteiger partial charge in [0, 0.05) is 12.6 Å². The minimum absolute atomic E-state index is 0.0465. The van der Waals surface area contributed by atoms with Gasteiger partial charge < -0.3 is 15.2 Å². The number of halogens is 3. The second-order valence-electron chi connectivity index (χ2n) is 6.01. The predicted molar refractivity (Wildman–Crippen MR) is 83.6 cm³/mol. The van der Waals surface area contributed by atoms with E-state index in [4.69, 9.17) is 10.5 Å². The zero-order valence-electron chi connectivity index (χ0n) is 14.3. The number of nitrogens with two attached hydrogens (primary N) is 1. The molecule has 1 rings (SSSR count). The monoisotopic (exact) mass is 363 g/mol. The number of hydrogen-bond donors (Lipinski definition) is 1. The number of aromatic nitrogens is 1. The molecule has 0 radical (unpaired) electrons. The molecule has 0 aromatic carbocycles. The highest BCUT2D eigenvalue weighted by Crippen LogP contribution is 2.25. The molecular formula is C15H20F3N3O4. The Balaban J connectivity index is 3.22. The van der Waals surface area contributed by atoms with Gasteiger partial charge in [0.05, 0.1) is 5.56 Å². The summed E-state index contributed by atoms with van der Waals surface area (Å²) in [6.07, 6.45) is -5.38. The van der Waals surface area contributed by atoms with Crippen LogP contribution in [0.3, 0.4) is 0 Å². The van der Waals surface area contributed by atoms with E-state index < -0.39 is 36.3 Å². The summed E-state index contributed by atoms with van der Waals surface area (Å²) in [4.78, 5) is 28.7. The molecule has 0 bridgehead atoms.